The Hall–Kier alpha value is -3.53. The van der Waals surface area contributed by atoms with E-state index in [1.807, 2.05) is 48.5 Å². The highest BCUT2D eigenvalue weighted by Gasteiger charge is 2.13. The normalized spacial score (nSPS) is 10.9. The van der Waals surface area contributed by atoms with Gasteiger partial charge in [0, 0.05) is 23.1 Å². The largest absolute Gasteiger partial charge is 0.508 e. The van der Waals surface area contributed by atoms with Gasteiger partial charge in [0.25, 0.3) is 0 Å². The molecule has 3 aromatic carbocycles. The Bertz CT molecular complexity index is 1100. The summed E-state index contributed by atoms with van der Waals surface area (Å²) < 4.78 is 2.06. The fourth-order valence-corrected chi connectivity index (χ4v) is 3.49. The Kier molecular flexibility index (Phi) is 5.11. The lowest BCUT2D eigenvalue weighted by Crippen LogP contribution is -2.29. The molecule has 1 amide bonds. The maximum absolute atomic E-state index is 12.6. The molecule has 4 rings (SSSR count). The van der Waals surface area contributed by atoms with Crippen LogP contribution in [0.3, 0.4) is 0 Å². The summed E-state index contributed by atoms with van der Waals surface area (Å²) >= 11 is 0. The van der Waals surface area contributed by atoms with Gasteiger partial charge in [-0.15, -0.1) is 0 Å². The van der Waals surface area contributed by atoms with Crippen LogP contribution in [0.4, 0.5) is 0 Å². The monoisotopic (exact) mass is 370 g/mol. The van der Waals surface area contributed by atoms with Gasteiger partial charge in [-0.1, -0.05) is 66.7 Å². The highest BCUT2D eigenvalue weighted by Crippen LogP contribution is 2.28. The van der Waals surface area contributed by atoms with Crippen LogP contribution in [0.5, 0.6) is 5.75 Å². The number of aromatic hydroxyl groups is 1. The van der Waals surface area contributed by atoms with Crippen LogP contribution in [0, 0.1) is 0 Å². The lowest BCUT2D eigenvalue weighted by Gasteiger charge is -2.12. The summed E-state index contributed by atoms with van der Waals surface area (Å²) in [7, 11) is 0. The maximum atomic E-state index is 12.6. The molecule has 1 heterocycles. The summed E-state index contributed by atoms with van der Waals surface area (Å²) in [5.41, 5.74) is 3.98. The van der Waals surface area contributed by atoms with Crippen molar-refractivity contribution in [3.8, 4) is 17.0 Å². The number of carbonyl (C=O) groups excluding carboxylic acids is 1. The van der Waals surface area contributed by atoms with Crippen LogP contribution in [-0.2, 0) is 17.8 Å². The van der Waals surface area contributed by atoms with Gasteiger partial charge in [-0.2, -0.15) is 0 Å². The molecule has 4 nitrogen and oxygen atoms in total. The van der Waals surface area contributed by atoms with Gasteiger partial charge < -0.3 is 15.0 Å². The molecule has 0 aliphatic rings. The van der Waals surface area contributed by atoms with Gasteiger partial charge in [0.2, 0.25) is 5.91 Å². The van der Waals surface area contributed by atoms with Crippen molar-refractivity contribution in [3.63, 3.8) is 0 Å². The number of phenols is 1. The average molecular weight is 370 g/mol. The minimum absolute atomic E-state index is 0.0473. The van der Waals surface area contributed by atoms with Crippen LogP contribution in [0.1, 0.15) is 5.56 Å². The van der Waals surface area contributed by atoms with E-state index in [1.54, 1.807) is 12.1 Å². The number of hydrogen-bond acceptors (Lipinski definition) is 2. The lowest BCUT2D eigenvalue weighted by molar-refractivity contribution is -0.121. The molecule has 2 N–H and O–H groups in total. The van der Waals surface area contributed by atoms with E-state index in [0.29, 0.717) is 13.0 Å². The van der Waals surface area contributed by atoms with E-state index >= 15 is 0 Å². The Morgan fingerprint density at radius 2 is 1.61 bits per heavy atom. The molecule has 0 saturated carbocycles. The fourth-order valence-electron chi connectivity index (χ4n) is 3.49. The quantitative estimate of drug-likeness (QED) is 0.529. The fraction of sp³-hybridized carbons (Fsp3) is 0.125. The van der Waals surface area contributed by atoms with Crippen molar-refractivity contribution < 1.29 is 9.90 Å². The lowest BCUT2D eigenvalue weighted by atomic mass is 10.1. The van der Waals surface area contributed by atoms with Gasteiger partial charge in [0.1, 0.15) is 12.3 Å². The molecule has 0 fully saturated rings. The predicted octanol–water partition coefficient (Wildman–Crippen LogP) is 4.37. The number of rotatable bonds is 6. The second-order valence-corrected chi connectivity index (χ2v) is 6.77. The first-order chi connectivity index (χ1) is 13.7. The molecule has 0 atom stereocenters. The molecule has 0 aliphatic heterocycles. The van der Waals surface area contributed by atoms with E-state index in [1.165, 1.54) is 0 Å². The molecule has 1 aromatic heterocycles. The minimum Gasteiger partial charge on any atom is -0.508 e. The van der Waals surface area contributed by atoms with Crippen LogP contribution in [0.15, 0.2) is 84.9 Å². The van der Waals surface area contributed by atoms with E-state index in [0.717, 1.165) is 27.7 Å². The Morgan fingerprint density at radius 3 is 2.43 bits per heavy atom. The zero-order chi connectivity index (χ0) is 19.3. The van der Waals surface area contributed by atoms with Gasteiger partial charge in [0.05, 0.1) is 0 Å². The van der Waals surface area contributed by atoms with Gasteiger partial charge in [0.15, 0.2) is 0 Å². The second-order valence-electron chi connectivity index (χ2n) is 6.77. The van der Waals surface area contributed by atoms with Crippen molar-refractivity contribution in [3.05, 3.63) is 90.5 Å². The second kappa shape index (κ2) is 8.01. The smallest absolute Gasteiger partial charge is 0.239 e. The Balaban J connectivity index is 1.52. The molecular weight excluding hydrogens is 348 g/mol. The van der Waals surface area contributed by atoms with Gasteiger partial charge in [-0.25, -0.2) is 0 Å². The number of carbonyl (C=O) groups is 1. The van der Waals surface area contributed by atoms with E-state index in [4.69, 9.17) is 0 Å². The number of nitrogens with one attached hydrogen (secondary N) is 1. The Morgan fingerprint density at radius 1 is 0.893 bits per heavy atom. The Labute approximate surface area is 164 Å². The number of aromatic nitrogens is 1. The van der Waals surface area contributed by atoms with Crippen LogP contribution in [0.2, 0.25) is 0 Å². The molecule has 4 heteroatoms. The molecule has 0 bridgehead atoms. The number of benzene rings is 3. The minimum atomic E-state index is -0.0473. The molecule has 140 valence electrons. The maximum Gasteiger partial charge on any atom is 0.239 e. The van der Waals surface area contributed by atoms with Crippen molar-refractivity contribution in [2.45, 2.75) is 13.0 Å². The zero-order valence-corrected chi connectivity index (χ0v) is 15.5. The highest BCUT2D eigenvalue weighted by molar-refractivity contribution is 5.89. The van der Waals surface area contributed by atoms with Crippen molar-refractivity contribution in [2.75, 3.05) is 6.54 Å². The summed E-state index contributed by atoms with van der Waals surface area (Å²) in [6.45, 7) is 0.731. The van der Waals surface area contributed by atoms with Gasteiger partial charge >= 0.3 is 0 Å². The molecule has 0 spiro atoms. The van der Waals surface area contributed by atoms with Gasteiger partial charge in [-0.3, -0.25) is 4.79 Å². The zero-order valence-electron chi connectivity index (χ0n) is 15.5. The van der Waals surface area contributed by atoms with E-state index in [-0.39, 0.29) is 18.2 Å². The van der Waals surface area contributed by atoms with Crippen LogP contribution in [0.25, 0.3) is 22.2 Å². The molecule has 28 heavy (non-hydrogen) atoms. The topological polar surface area (TPSA) is 54.3 Å². The third-order valence-electron chi connectivity index (χ3n) is 4.89. The van der Waals surface area contributed by atoms with E-state index in [9.17, 15) is 9.90 Å². The third kappa shape index (κ3) is 3.76. The van der Waals surface area contributed by atoms with Crippen LogP contribution < -0.4 is 5.32 Å². The molecule has 0 unspecified atom stereocenters. The molecule has 4 aromatic rings. The van der Waals surface area contributed by atoms with Crippen molar-refractivity contribution in [1.29, 1.82) is 0 Å². The summed E-state index contributed by atoms with van der Waals surface area (Å²) in [6.07, 6.45) is 0.594. The number of fused-ring (bicyclic) bond motifs is 1. The average Bonchev–Trinajstić information content (AvgIpc) is 3.09. The van der Waals surface area contributed by atoms with E-state index < -0.39 is 0 Å². The summed E-state index contributed by atoms with van der Waals surface area (Å²) in [5.74, 6) is 0.216. The van der Waals surface area contributed by atoms with Gasteiger partial charge in [-0.05, 0) is 35.7 Å². The van der Waals surface area contributed by atoms with Crippen molar-refractivity contribution in [1.82, 2.24) is 9.88 Å². The first-order valence-corrected chi connectivity index (χ1v) is 9.39. The molecular formula is C24H22N2O2. The summed E-state index contributed by atoms with van der Waals surface area (Å²) in [6, 6.07) is 27.5. The van der Waals surface area contributed by atoms with Crippen LogP contribution >= 0.6 is 0 Å². The summed E-state index contributed by atoms with van der Waals surface area (Å²) in [5, 5.41) is 13.9. The highest BCUT2D eigenvalue weighted by atomic mass is 16.3. The first kappa shape index (κ1) is 17.9. The molecule has 0 aliphatic carbocycles. The number of phenolic OH excluding ortho intramolecular Hbond substituents is 1. The van der Waals surface area contributed by atoms with Crippen LogP contribution in [-0.4, -0.2) is 22.1 Å². The first-order valence-electron chi connectivity index (χ1n) is 9.39. The van der Waals surface area contributed by atoms with Crippen molar-refractivity contribution >= 4 is 16.8 Å². The standard InChI is InChI=1S/C24H22N2O2/c27-23-13-7-5-10-19(23)14-15-25-24(28)17-26-21-12-6-4-11-20(21)16-22(26)18-8-2-1-3-9-18/h1-13,16,27H,14-15,17H2,(H,25,28). The molecule has 0 saturated heterocycles. The summed E-state index contributed by atoms with van der Waals surface area (Å²) in [4.78, 5) is 12.6. The number of hydrogen-bond donors (Lipinski definition) is 2. The van der Waals surface area contributed by atoms with E-state index in [2.05, 4.69) is 34.1 Å². The van der Waals surface area contributed by atoms with Crippen molar-refractivity contribution in [2.24, 2.45) is 0 Å². The SMILES string of the molecule is O=C(Cn1c(-c2ccccc2)cc2ccccc21)NCCc1ccccc1O. The third-order valence-corrected chi connectivity index (χ3v) is 4.89. The predicted molar refractivity (Wildman–Crippen MR) is 112 cm³/mol. The number of nitrogens with zero attached hydrogens (tertiary/aromatic N) is 1. The number of para-hydroxylation sites is 2. The number of amides is 1. The molecule has 0 radical (unpaired) electrons.